The number of nitrogens with one attached hydrogen (secondary N) is 1. The van der Waals surface area contributed by atoms with E-state index in [1.807, 2.05) is 0 Å². The summed E-state index contributed by atoms with van der Waals surface area (Å²) in [4.78, 5) is 7.82. The maximum Gasteiger partial charge on any atom is 0.237 e. The van der Waals surface area contributed by atoms with Crippen molar-refractivity contribution in [3.8, 4) is 0 Å². The van der Waals surface area contributed by atoms with Gasteiger partial charge >= 0.3 is 0 Å². The Morgan fingerprint density at radius 3 is 2.46 bits per heavy atom. The Morgan fingerprint density at radius 1 is 1.38 bits per heavy atom. The number of aryl methyl sites for hydroxylation is 1. The maximum atomic E-state index is 5.63. The Labute approximate surface area is 90.4 Å². The van der Waals surface area contributed by atoms with Crippen LogP contribution in [0.15, 0.2) is 6.07 Å². The van der Waals surface area contributed by atoms with Gasteiger partial charge in [-0.2, -0.15) is 0 Å². The van der Waals surface area contributed by atoms with E-state index in [1.165, 1.54) is 0 Å². The average Bonchev–Trinajstić information content (AvgIpc) is 2.01. The Balaban J connectivity index is 3.16. The molecule has 0 saturated heterocycles. The van der Waals surface area contributed by atoms with Crippen LogP contribution in [0.1, 0.15) is 11.4 Å². The van der Waals surface area contributed by atoms with Crippen molar-refractivity contribution in [1.82, 2.24) is 9.97 Å². The predicted molar refractivity (Wildman–Crippen MR) is 53.8 cm³/mol. The van der Waals surface area contributed by atoms with Crippen LogP contribution in [0.3, 0.4) is 0 Å². The van der Waals surface area contributed by atoms with Gasteiger partial charge in [0.15, 0.2) is 0 Å². The average molecular weight is 242 g/mol. The van der Waals surface area contributed by atoms with Gasteiger partial charge in [0.2, 0.25) is 9.74 Å². The van der Waals surface area contributed by atoms with E-state index in [2.05, 4.69) is 15.4 Å². The first-order chi connectivity index (χ1) is 5.93. The topological polar surface area (TPSA) is 63.8 Å². The number of hydrogen-bond donors (Lipinski definition) is 2. The quantitative estimate of drug-likeness (QED) is 0.448. The van der Waals surface area contributed by atoms with Gasteiger partial charge in [0.05, 0.1) is 5.69 Å². The highest BCUT2D eigenvalue weighted by Crippen LogP contribution is 2.37. The van der Waals surface area contributed by atoms with E-state index in [-0.39, 0.29) is 11.6 Å². The predicted octanol–water partition coefficient (Wildman–Crippen LogP) is 1.90. The number of nitrogens with zero attached hydrogens (tertiary/aromatic N) is 2. The molecule has 3 N–H and O–H groups in total. The van der Waals surface area contributed by atoms with Gasteiger partial charge in [-0.15, -0.1) is 0 Å². The molecule has 0 aliphatic carbocycles. The molecule has 1 rings (SSSR count). The van der Waals surface area contributed by atoms with Crippen LogP contribution in [0.2, 0.25) is 0 Å². The van der Waals surface area contributed by atoms with E-state index in [0.29, 0.717) is 5.69 Å². The lowest BCUT2D eigenvalue weighted by Crippen LogP contribution is -2.14. The van der Waals surface area contributed by atoms with Crippen molar-refractivity contribution in [2.75, 3.05) is 5.43 Å². The van der Waals surface area contributed by atoms with Crippen LogP contribution in [0.25, 0.3) is 0 Å². The number of nitrogen functional groups attached to an aromatic ring is 1. The van der Waals surface area contributed by atoms with Crippen molar-refractivity contribution in [3.05, 3.63) is 17.5 Å². The molecule has 4 nitrogen and oxygen atoms in total. The summed E-state index contributed by atoms with van der Waals surface area (Å²) in [5.41, 5.74) is 3.24. The minimum atomic E-state index is -1.56. The molecule has 0 aromatic carbocycles. The lowest BCUT2D eigenvalue weighted by molar-refractivity contribution is 0.991. The van der Waals surface area contributed by atoms with Gasteiger partial charge in [0.1, 0.15) is 0 Å². The van der Waals surface area contributed by atoms with E-state index in [4.69, 9.17) is 40.6 Å². The summed E-state index contributed by atoms with van der Waals surface area (Å²) in [6, 6.07) is 1.58. The number of nitrogens with two attached hydrogens (primary N) is 1. The summed E-state index contributed by atoms with van der Waals surface area (Å²) in [5, 5.41) is 0. The fourth-order valence-corrected chi connectivity index (χ4v) is 1.07. The van der Waals surface area contributed by atoms with Crippen LogP contribution in [0.4, 0.5) is 5.95 Å². The summed E-state index contributed by atoms with van der Waals surface area (Å²) in [6.45, 7) is 1.75. The number of halogens is 3. The van der Waals surface area contributed by atoms with Crippen LogP contribution in [-0.2, 0) is 3.79 Å². The molecule has 1 aromatic heterocycles. The third kappa shape index (κ3) is 2.84. The summed E-state index contributed by atoms with van der Waals surface area (Å²) < 4.78 is -1.56. The monoisotopic (exact) mass is 240 g/mol. The second-order valence-corrected chi connectivity index (χ2v) is 4.64. The first-order valence-corrected chi connectivity index (χ1v) is 4.46. The SMILES string of the molecule is Cc1cc(C(Cl)(Cl)Cl)nc(NN)n1. The Morgan fingerprint density at radius 2 is 2.00 bits per heavy atom. The molecular weight excluding hydrogens is 234 g/mol. The third-order valence-corrected chi connectivity index (χ3v) is 1.85. The summed E-state index contributed by atoms with van der Waals surface area (Å²) in [7, 11) is 0. The minimum Gasteiger partial charge on any atom is -0.292 e. The highest BCUT2D eigenvalue weighted by atomic mass is 35.6. The Hall–Kier alpha value is -0.290. The zero-order valence-electron chi connectivity index (χ0n) is 6.68. The molecule has 0 aliphatic rings. The fraction of sp³-hybridized carbons (Fsp3) is 0.333. The lowest BCUT2D eigenvalue weighted by atomic mass is 10.3. The van der Waals surface area contributed by atoms with Crippen molar-refractivity contribution in [2.24, 2.45) is 5.84 Å². The molecule has 0 saturated carbocycles. The standard InChI is InChI=1S/C6H7Cl3N4/c1-3-2-4(6(7,8)9)12-5(11-3)13-10/h2H,10H2,1H3,(H,11,12,13). The molecule has 72 valence electrons. The first-order valence-electron chi connectivity index (χ1n) is 3.33. The molecule has 0 amide bonds. The van der Waals surface area contributed by atoms with Crippen LogP contribution in [0.5, 0.6) is 0 Å². The van der Waals surface area contributed by atoms with Gasteiger partial charge in [-0.3, -0.25) is 5.43 Å². The normalized spacial score (nSPS) is 11.5. The van der Waals surface area contributed by atoms with Crippen molar-refractivity contribution < 1.29 is 0 Å². The number of aromatic nitrogens is 2. The summed E-state index contributed by atoms with van der Waals surface area (Å²) in [5.74, 6) is 5.35. The Kier molecular flexibility index (Phi) is 3.18. The highest BCUT2D eigenvalue weighted by Gasteiger charge is 2.25. The molecule has 7 heteroatoms. The van der Waals surface area contributed by atoms with Gasteiger partial charge in [-0.05, 0) is 13.0 Å². The number of alkyl halides is 3. The Bertz CT molecular complexity index is 309. The number of hydrazine groups is 1. The third-order valence-electron chi connectivity index (χ3n) is 1.27. The molecule has 0 atom stereocenters. The number of anilines is 1. The lowest BCUT2D eigenvalue weighted by Gasteiger charge is -2.11. The van der Waals surface area contributed by atoms with Gasteiger partial charge in [0.25, 0.3) is 0 Å². The molecule has 0 bridgehead atoms. The molecule has 0 aliphatic heterocycles. The second-order valence-electron chi connectivity index (χ2n) is 2.36. The molecular formula is C6H7Cl3N4. The molecule has 13 heavy (non-hydrogen) atoms. The molecule has 0 unspecified atom stereocenters. The van der Waals surface area contributed by atoms with E-state index in [9.17, 15) is 0 Å². The van der Waals surface area contributed by atoms with Gasteiger partial charge < -0.3 is 0 Å². The van der Waals surface area contributed by atoms with Crippen LogP contribution in [-0.4, -0.2) is 9.97 Å². The largest absolute Gasteiger partial charge is 0.292 e. The zero-order valence-corrected chi connectivity index (χ0v) is 8.95. The van der Waals surface area contributed by atoms with Gasteiger partial charge in [-0.25, -0.2) is 15.8 Å². The molecule has 0 radical (unpaired) electrons. The zero-order chi connectivity index (χ0) is 10.1. The van der Waals surface area contributed by atoms with E-state index in [0.717, 1.165) is 0 Å². The van der Waals surface area contributed by atoms with Gasteiger partial charge in [0, 0.05) is 5.69 Å². The smallest absolute Gasteiger partial charge is 0.237 e. The second kappa shape index (κ2) is 3.84. The summed E-state index contributed by atoms with van der Waals surface area (Å²) in [6.07, 6.45) is 0. The maximum absolute atomic E-state index is 5.63. The highest BCUT2D eigenvalue weighted by molar-refractivity contribution is 6.66. The number of hydrogen-bond acceptors (Lipinski definition) is 4. The summed E-state index contributed by atoms with van der Waals surface area (Å²) >= 11 is 16.9. The van der Waals surface area contributed by atoms with Crippen LogP contribution < -0.4 is 11.3 Å². The van der Waals surface area contributed by atoms with Crippen LogP contribution in [0, 0.1) is 6.92 Å². The van der Waals surface area contributed by atoms with Gasteiger partial charge in [-0.1, -0.05) is 34.8 Å². The minimum absolute atomic E-state index is 0.223. The van der Waals surface area contributed by atoms with E-state index < -0.39 is 3.79 Å². The van der Waals surface area contributed by atoms with E-state index >= 15 is 0 Å². The van der Waals surface area contributed by atoms with E-state index in [1.54, 1.807) is 13.0 Å². The molecule has 1 heterocycles. The molecule has 0 spiro atoms. The fourth-order valence-electron chi connectivity index (χ4n) is 0.778. The number of rotatable bonds is 1. The van der Waals surface area contributed by atoms with Crippen molar-refractivity contribution in [1.29, 1.82) is 0 Å². The van der Waals surface area contributed by atoms with Crippen molar-refractivity contribution in [3.63, 3.8) is 0 Å². The van der Waals surface area contributed by atoms with Crippen molar-refractivity contribution >= 4 is 40.8 Å². The van der Waals surface area contributed by atoms with Crippen molar-refractivity contribution in [2.45, 2.75) is 10.7 Å². The molecule has 0 fully saturated rings. The van der Waals surface area contributed by atoms with Crippen LogP contribution >= 0.6 is 34.8 Å². The molecule has 1 aromatic rings. The first kappa shape index (κ1) is 10.8.